The van der Waals surface area contributed by atoms with Crippen molar-refractivity contribution < 1.29 is 84.4 Å². The van der Waals surface area contributed by atoms with Gasteiger partial charge in [-0.15, -0.1) is 0 Å². The summed E-state index contributed by atoms with van der Waals surface area (Å²) in [6.45, 7) is 14.2. The molecule has 80 heavy (non-hydrogen) atoms. The molecule has 2 saturated heterocycles. The first-order valence-corrected chi connectivity index (χ1v) is 28.2. The molecule has 4 heterocycles. The van der Waals surface area contributed by atoms with Gasteiger partial charge in [0.25, 0.3) is 0 Å². The van der Waals surface area contributed by atoms with Crippen LogP contribution in [0.5, 0.6) is 11.5 Å². The predicted molar refractivity (Wildman–Crippen MR) is 287 cm³/mol. The highest BCUT2D eigenvalue weighted by atomic mass is 31.2. The molecule has 2 aliphatic rings. The number of carbonyl (C=O) groups is 5. The molecule has 0 spiro atoms. The lowest BCUT2D eigenvalue weighted by Gasteiger charge is -2.24. The number of benzene rings is 2. The predicted octanol–water partition coefficient (Wildman–Crippen LogP) is 6.11. The molecule has 2 aliphatic heterocycles. The molecule has 0 saturated carbocycles. The molecule has 4 aromatic rings. The van der Waals surface area contributed by atoms with E-state index in [-0.39, 0.29) is 88.4 Å². The van der Waals surface area contributed by atoms with E-state index in [4.69, 9.17) is 52.2 Å². The van der Waals surface area contributed by atoms with Crippen LogP contribution in [0.15, 0.2) is 94.8 Å². The fourth-order valence-corrected chi connectivity index (χ4v) is 9.30. The maximum atomic E-state index is 13.5. The lowest BCUT2D eigenvalue weighted by atomic mass is 10.2. The highest BCUT2D eigenvalue weighted by Gasteiger charge is 2.38. The minimum atomic E-state index is -4.10. The minimum absolute atomic E-state index is 0. The third-order valence-electron chi connectivity index (χ3n) is 10.2. The second-order valence-corrected chi connectivity index (χ2v) is 20.9. The van der Waals surface area contributed by atoms with Crippen LogP contribution in [0.25, 0.3) is 0 Å². The van der Waals surface area contributed by atoms with Gasteiger partial charge in [-0.3, -0.25) is 42.2 Å². The first kappa shape index (κ1) is 67.8. The van der Waals surface area contributed by atoms with Crippen molar-refractivity contribution in [2.45, 2.75) is 145 Å². The van der Waals surface area contributed by atoms with Crippen molar-refractivity contribution in [3.63, 3.8) is 0 Å². The van der Waals surface area contributed by atoms with Crippen LogP contribution >= 0.6 is 15.5 Å². The number of anilines is 1. The Balaban J connectivity index is 0.000000362. The second kappa shape index (κ2) is 33.3. The van der Waals surface area contributed by atoms with Gasteiger partial charge in [0.15, 0.2) is 25.0 Å². The third-order valence-corrected chi connectivity index (χ3v) is 13.5. The van der Waals surface area contributed by atoms with Crippen molar-refractivity contribution in [3.05, 3.63) is 112 Å². The van der Waals surface area contributed by atoms with Crippen LogP contribution in [0.2, 0.25) is 0 Å². The summed E-state index contributed by atoms with van der Waals surface area (Å²) < 4.78 is 88.6. The van der Waals surface area contributed by atoms with Crippen molar-refractivity contribution >= 4 is 51.0 Å². The van der Waals surface area contributed by atoms with Crippen molar-refractivity contribution in [2.75, 3.05) is 32.2 Å². The summed E-state index contributed by atoms with van der Waals surface area (Å²) in [7, 11) is -8.16. The maximum absolute atomic E-state index is 13.5. The zero-order valence-electron chi connectivity index (χ0n) is 45.3. The molecular formula is C51H73N7O20P2. The van der Waals surface area contributed by atoms with Crippen molar-refractivity contribution in [1.82, 2.24) is 29.3 Å². The number of ketones is 1. The van der Waals surface area contributed by atoms with Gasteiger partial charge in [-0.25, -0.2) is 18.7 Å². The van der Waals surface area contributed by atoms with E-state index in [1.165, 1.54) is 41.4 Å². The average Bonchev–Trinajstić information content (AvgIpc) is 4.08. The Bertz CT molecular complexity index is 2830. The van der Waals surface area contributed by atoms with Gasteiger partial charge in [0.05, 0.1) is 31.1 Å². The minimum Gasteiger partial charge on any atom is -0.462 e. The summed E-state index contributed by atoms with van der Waals surface area (Å²) in [6.07, 6.45) is -0.326. The molecular weight excluding hydrogens is 1090 g/mol. The van der Waals surface area contributed by atoms with Gasteiger partial charge in [0.2, 0.25) is 0 Å². The number of nitrogens with one attached hydrogen (secondary N) is 2. The first-order valence-electron chi connectivity index (χ1n) is 25.1. The Morgan fingerprint density at radius 2 is 1.05 bits per heavy atom. The summed E-state index contributed by atoms with van der Waals surface area (Å²) in [5, 5.41) is 5.16. The first-order chi connectivity index (χ1) is 37.4. The number of nitrogen functional groups attached to an aromatic ring is 1. The summed E-state index contributed by atoms with van der Waals surface area (Å²) in [5.41, 5.74) is 4.69. The van der Waals surface area contributed by atoms with Gasteiger partial charge in [-0.1, -0.05) is 64.6 Å². The number of ether oxygens (including phenoxy) is 7. The number of rotatable bonds is 25. The van der Waals surface area contributed by atoms with E-state index in [2.05, 4.69) is 24.9 Å². The molecule has 27 nitrogen and oxygen atoms in total. The van der Waals surface area contributed by atoms with E-state index in [0.29, 0.717) is 12.1 Å². The van der Waals surface area contributed by atoms with Crippen LogP contribution in [-0.4, -0.2) is 112 Å². The zero-order chi connectivity index (χ0) is 58.3. The number of nitrogens with zero attached hydrogens (tertiary/aromatic N) is 4. The van der Waals surface area contributed by atoms with E-state index in [0.717, 1.165) is 0 Å². The molecule has 8 atom stereocenters. The molecule has 4 N–H and O–H groups in total. The molecule has 2 fully saturated rings. The number of Topliss-reactive ketones (excluding diaryl/α,β-unsaturated/α-hetero) is 1. The van der Waals surface area contributed by atoms with Gasteiger partial charge in [0.1, 0.15) is 48.4 Å². The van der Waals surface area contributed by atoms with Gasteiger partial charge in [-0.2, -0.15) is 20.1 Å². The van der Waals surface area contributed by atoms with Gasteiger partial charge < -0.3 is 47.9 Å². The van der Waals surface area contributed by atoms with Crippen LogP contribution in [0.1, 0.15) is 107 Å². The third kappa shape index (κ3) is 23.3. The number of aromatic nitrogens is 4. The number of hydrogen-bond donors (Lipinski definition) is 3. The van der Waals surface area contributed by atoms with Gasteiger partial charge in [0, 0.05) is 38.1 Å². The summed E-state index contributed by atoms with van der Waals surface area (Å²) in [5.74, 6) is -1.57. The van der Waals surface area contributed by atoms with E-state index in [1.54, 1.807) is 115 Å². The standard InChI is InChI=1S/C24H32N3O9P.C20H27N4O8P.C6H10O3.CH4/c1-5-19(28)13-18-11-12-27(24(30)25-18)21-14-32-22(35-21)15-33-37(31,36-20-9-7-6-8-10-20)26-17(4)23(29)34-16(2)3;1-13(2)30-19(25)14(3)23-33(27,32-15-7-5-4-6-8-15)29-12-18-28-11-17(31-18)24-10-9-16(21)22-20(24)26;1-3-5(7)9-6(8)4-2;/h6-12,16-17,21-22H,5,13-15H2,1-4H3,(H,26,31);4-10,13-14,17-18H,11-12H2,1-3H3,(H,23,27)(H2,21,22,26);3-4H2,1-2H3;1H4/t17-,21-,22-,37?;14-,17-,18-,33?;;/m00../s1. The summed E-state index contributed by atoms with van der Waals surface area (Å²) in [4.78, 5) is 88.8. The highest BCUT2D eigenvalue weighted by molar-refractivity contribution is 7.52. The van der Waals surface area contributed by atoms with Crippen LogP contribution in [0.4, 0.5) is 5.82 Å². The summed E-state index contributed by atoms with van der Waals surface area (Å²) in [6, 6.07) is 17.7. The zero-order valence-corrected chi connectivity index (χ0v) is 47.1. The molecule has 0 radical (unpaired) electrons. The van der Waals surface area contributed by atoms with Crippen LogP contribution < -0.4 is 36.3 Å². The maximum Gasteiger partial charge on any atom is 0.459 e. The molecule has 2 aromatic heterocycles. The summed E-state index contributed by atoms with van der Waals surface area (Å²) >= 11 is 0. The van der Waals surface area contributed by atoms with Crippen molar-refractivity contribution in [1.29, 1.82) is 0 Å². The van der Waals surface area contributed by atoms with E-state index < -0.39 is 87.9 Å². The SMILES string of the molecule is C.CC(C)OC(=O)[C@H](C)NP(=O)(OC[C@H]1OC[C@@H](n2ccc(N)nc2=O)O1)Oc1ccccc1.CCC(=O)Cc1ccn([C@@H]2CO[C@H](COP(=O)(N[C@@H](C)C(=O)OC(C)C)Oc3ccccc3)O2)c(=O)n1.CCC(=O)OC(=O)CC. The van der Waals surface area contributed by atoms with Gasteiger partial charge in [-0.05, 0) is 77.9 Å². The molecule has 0 amide bonds. The number of nitrogens with two attached hydrogens (primary N) is 1. The average molecular weight is 1170 g/mol. The Labute approximate surface area is 463 Å². The van der Waals surface area contributed by atoms with Crippen LogP contribution in [0, 0.1) is 0 Å². The fraction of sp³-hybridized carbons (Fsp3) is 0.510. The Kier molecular flexibility index (Phi) is 28.2. The number of esters is 4. The number of carbonyl (C=O) groups excluding carboxylic acids is 5. The number of hydrogen-bond acceptors (Lipinski definition) is 23. The Morgan fingerprint density at radius 1 is 0.637 bits per heavy atom. The molecule has 0 aliphatic carbocycles. The Hall–Kier alpha value is -6.51. The lowest BCUT2D eigenvalue weighted by molar-refractivity contribution is -0.159. The van der Waals surface area contributed by atoms with Crippen molar-refractivity contribution in [3.8, 4) is 11.5 Å². The van der Waals surface area contributed by atoms with Crippen LogP contribution in [-0.2, 0) is 81.7 Å². The largest absolute Gasteiger partial charge is 0.462 e. The van der Waals surface area contributed by atoms with E-state index in [9.17, 15) is 42.7 Å². The fourth-order valence-electron chi connectivity index (χ4n) is 6.35. The lowest BCUT2D eigenvalue weighted by Crippen LogP contribution is -2.36. The second-order valence-electron chi connectivity index (χ2n) is 17.5. The van der Waals surface area contributed by atoms with E-state index in [1.807, 2.05) is 0 Å². The van der Waals surface area contributed by atoms with Crippen molar-refractivity contribution in [2.24, 2.45) is 0 Å². The molecule has 0 bridgehead atoms. The van der Waals surface area contributed by atoms with E-state index >= 15 is 0 Å². The molecule has 442 valence electrons. The molecule has 6 rings (SSSR count). The molecule has 29 heteroatoms. The quantitative estimate of drug-likeness (QED) is 0.0291. The Morgan fingerprint density at radius 3 is 1.43 bits per heavy atom. The topological polar surface area (TPSA) is 341 Å². The van der Waals surface area contributed by atoms with Gasteiger partial charge >= 0.3 is 50.7 Å². The molecule has 2 aromatic carbocycles. The molecule has 2 unspecified atom stereocenters. The smallest absolute Gasteiger partial charge is 0.459 e. The normalized spacial score (nSPS) is 18.7. The van der Waals surface area contributed by atoms with Crippen LogP contribution in [0.3, 0.4) is 0 Å². The highest BCUT2D eigenvalue weighted by Crippen LogP contribution is 2.47. The monoisotopic (exact) mass is 1170 g/mol. The number of para-hydroxylation sites is 2.